The van der Waals surface area contributed by atoms with Crippen LogP contribution in [0.1, 0.15) is 32.7 Å². The van der Waals surface area contributed by atoms with Crippen molar-refractivity contribution in [3.8, 4) is 0 Å². The molecule has 1 aromatic carbocycles. The molecule has 3 nitrogen and oxygen atoms in total. The highest BCUT2D eigenvalue weighted by molar-refractivity contribution is 7.11. The number of nitrogens with one attached hydrogen (secondary N) is 1. The number of hydrogen-bond donors (Lipinski definition) is 2. The molecule has 1 heterocycles. The van der Waals surface area contributed by atoms with Crippen LogP contribution in [0.3, 0.4) is 0 Å². The van der Waals surface area contributed by atoms with Crippen molar-refractivity contribution in [2.75, 3.05) is 0 Å². The molecule has 0 saturated heterocycles. The molecule has 0 amide bonds. The molecule has 0 bridgehead atoms. The fourth-order valence-electron chi connectivity index (χ4n) is 2.17. The predicted octanol–water partition coefficient (Wildman–Crippen LogP) is 2.82. The Kier molecular flexibility index (Phi) is 4.11. The average Bonchev–Trinajstić information content (AvgIpc) is 2.65. The minimum atomic E-state index is 0.137. The Hall–Kier alpha value is -1.23. The van der Waals surface area contributed by atoms with Gasteiger partial charge in [-0.2, -0.15) is 0 Å². The van der Waals surface area contributed by atoms with Gasteiger partial charge >= 0.3 is 0 Å². The smallest absolute Gasteiger partial charge is 0.0900 e. The molecule has 96 valence electrons. The minimum absolute atomic E-state index is 0.137. The Balaban J connectivity index is 2.22. The molecule has 1 unspecified atom stereocenters. The summed E-state index contributed by atoms with van der Waals surface area (Å²) in [7, 11) is 0. The molecule has 18 heavy (non-hydrogen) atoms. The van der Waals surface area contributed by atoms with Gasteiger partial charge in [-0.15, -0.1) is 11.3 Å². The number of hydrazine groups is 1. The average molecular weight is 261 g/mol. The molecule has 3 N–H and O–H groups in total. The van der Waals surface area contributed by atoms with E-state index in [9.17, 15) is 0 Å². The Morgan fingerprint density at radius 2 is 2.11 bits per heavy atom. The molecule has 0 radical (unpaired) electrons. The number of aryl methyl sites for hydroxylation is 3. The highest BCUT2D eigenvalue weighted by Gasteiger charge is 2.16. The summed E-state index contributed by atoms with van der Waals surface area (Å²) in [6, 6.07) is 8.67. The standard InChI is InChI=1S/C14H19N3S/c1-9-5-4-6-12(7-9)8-13(17-15)14-10(2)16-11(3)18-14/h4-7,13,17H,8,15H2,1-3H3. The molecular weight excluding hydrogens is 242 g/mol. The van der Waals surface area contributed by atoms with Crippen LogP contribution >= 0.6 is 11.3 Å². The third-order valence-electron chi connectivity index (χ3n) is 2.98. The van der Waals surface area contributed by atoms with Gasteiger partial charge in [0.15, 0.2) is 0 Å². The summed E-state index contributed by atoms with van der Waals surface area (Å²) < 4.78 is 0. The molecule has 2 aromatic rings. The molecule has 0 fully saturated rings. The van der Waals surface area contributed by atoms with Crippen LogP contribution in [-0.4, -0.2) is 4.98 Å². The van der Waals surface area contributed by atoms with Crippen LogP contribution in [0.5, 0.6) is 0 Å². The molecule has 0 aliphatic heterocycles. The molecule has 0 aliphatic carbocycles. The summed E-state index contributed by atoms with van der Waals surface area (Å²) >= 11 is 1.72. The van der Waals surface area contributed by atoms with E-state index in [1.807, 2.05) is 13.8 Å². The van der Waals surface area contributed by atoms with Crippen molar-refractivity contribution in [2.45, 2.75) is 33.2 Å². The van der Waals surface area contributed by atoms with Crippen molar-refractivity contribution in [3.63, 3.8) is 0 Å². The van der Waals surface area contributed by atoms with Gasteiger partial charge < -0.3 is 0 Å². The molecule has 1 atom stereocenters. The van der Waals surface area contributed by atoms with E-state index in [4.69, 9.17) is 5.84 Å². The van der Waals surface area contributed by atoms with Crippen molar-refractivity contribution in [1.82, 2.24) is 10.4 Å². The lowest BCUT2D eigenvalue weighted by atomic mass is 10.0. The van der Waals surface area contributed by atoms with E-state index < -0.39 is 0 Å². The fraction of sp³-hybridized carbons (Fsp3) is 0.357. The van der Waals surface area contributed by atoms with Gasteiger partial charge in [-0.3, -0.25) is 11.3 Å². The normalized spacial score (nSPS) is 12.7. The zero-order valence-corrected chi connectivity index (χ0v) is 11.8. The van der Waals surface area contributed by atoms with Gasteiger partial charge in [-0.05, 0) is 32.8 Å². The van der Waals surface area contributed by atoms with Gasteiger partial charge in [-0.25, -0.2) is 4.98 Å². The van der Waals surface area contributed by atoms with Crippen LogP contribution in [0.2, 0.25) is 0 Å². The maximum absolute atomic E-state index is 5.70. The summed E-state index contributed by atoms with van der Waals surface area (Å²) in [5.41, 5.74) is 6.56. The summed E-state index contributed by atoms with van der Waals surface area (Å²) in [5, 5.41) is 1.09. The van der Waals surface area contributed by atoms with Crippen molar-refractivity contribution in [3.05, 3.63) is 51.0 Å². The molecule has 0 aliphatic rings. The highest BCUT2D eigenvalue weighted by Crippen LogP contribution is 2.27. The SMILES string of the molecule is Cc1cccc(CC(NN)c2sc(C)nc2C)c1. The van der Waals surface area contributed by atoms with Crippen molar-refractivity contribution >= 4 is 11.3 Å². The number of thiazole rings is 1. The van der Waals surface area contributed by atoms with Gasteiger partial charge in [0.25, 0.3) is 0 Å². The van der Waals surface area contributed by atoms with E-state index in [0.29, 0.717) is 0 Å². The second-order valence-corrected chi connectivity index (χ2v) is 5.83. The lowest BCUT2D eigenvalue weighted by molar-refractivity contribution is 0.557. The Bertz CT molecular complexity index is 534. The van der Waals surface area contributed by atoms with Crippen LogP contribution in [0.25, 0.3) is 0 Å². The van der Waals surface area contributed by atoms with Crippen molar-refractivity contribution in [1.29, 1.82) is 0 Å². The van der Waals surface area contributed by atoms with Gasteiger partial charge in [0, 0.05) is 4.88 Å². The molecule has 0 spiro atoms. The molecule has 2 rings (SSSR count). The largest absolute Gasteiger partial charge is 0.271 e. The Labute approximate surface area is 112 Å². The Morgan fingerprint density at radius 1 is 1.33 bits per heavy atom. The van der Waals surface area contributed by atoms with Gasteiger partial charge in [-0.1, -0.05) is 29.8 Å². The first-order valence-corrected chi connectivity index (χ1v) is 6.87. The zero-order valence-electron chi connectivity index (χ0n) is 11.0. The summed E-state index contributed by atoms with van der Waals surface area (Å²) in [4.78, 5) is 5.69. The van der Waals surface area contributed by atoms with E-state index in [1.54, 1.807) is 11.3 Å². The van der Waals surface area contributed by atoms with E-state index in [2.05, 4.69) is 41.6 Å². The van der Waals surface area contributed by atoms with Crippen LogP contribution < -0.4 is 11.3 Å². The molecular formula is C14H19N3S. The molecule has 1 aromatic heterocycles. The fourth-order valence-corrected chi connectivity index (χ4v) is 3.16. The topological polar surface area (TPSA) is 50.9 Å². The van der Waals surface area contributed by atoms with Crippen LogP contribution in [0.4, 0.5) is 0 Å². The third kappa shape index (κ3) is 2.96. The number of rotatable bonds is 4. The van der Waals surface area contributed by atoms with Gasteiger partial charge in [0.1, 0.15) is 0 Å². The second-order valence-electron chi connectivity index (χ2n) is 4.59. The second kappa shape index (κ2) is 5.61. The molecule has 4 heteroatoms. The van der Waals surface area contributed by atoms with Crippen LogP contribution in [0, 0.1) is 20.8 Å². The van der Waals surface area contributed by atoms with Crippen molar-refractivity contribution < 1.29 is 0 Å². The first-order valence-electron chi connectivity index (χ1n) is 6.05. The predicted molar refractivity (Wildman–Crippen MR) is 76.5 cm³/mol. The number of nitrogens with two attached hydrogens (primary N) is 1. The third-order valence-corrected chi connectivity index (χ3v) is 4.17. The lowest BCUT2D eigenvalue weighted by Crippen LogP contribution is -2.29. The number of benzene rings is 1. The number of nitrogens with zero attached hydrogens (tertiary/aromatic N) is 1. The Morgan fingerprint density at radius 3 is 2.67 bits per heavy atom. The lowest BCUT2D eigenvalue weighted by Gasteiger charge is -2.15. The van der Waals surface area contributed by atoms with Crippen LogP contribution in [-0.2, 0) is 6.42 Å². The number of hydrogen-bond acceptors (Lipinski definition) is 4. The minimum Gasteiger partial charge on any atom is -0.271 e. The first-order chi connectivity index (χ1) is 8.60. The van der Waals surface area contributed by atoms with Gasteiger partial charge in [0.2, 0.25) is 0 Å². The summed E-state index contributed by atoms with van der Waals surface area (Å²) in [5.74, 6) is 5.70. The zero-order chi connectivity index (χ0) is 13.1. The maximum Gasteiger partial charge on any atom is 0.0900 e. The maximum atomic E-state index is 5.70. The molecule has 0 saturated carbocycles. The number of aromatic nitrogens is 1. The summed E-state index contributed by atoms with van der Waals surface area (Å²) in [6.45, 7) is 6.18. The monoisotopic (exact) mass is 261 g/mol. The quantitative estimate of drug-likeness (QED) is 0.657. The van der Waals surface area contributed by atoms with Crippen LogP contribution in [0.15, 0.2) is 24.3 Å². The van der Waals surface area contributed by atoms with Gasteiger partial charge in [0.05, 0.1) is 16.7 Å². The van der Waals surface area contributed by atoms with E-state index in [0.717, 1.165) is 17.1 Å². The van der Waals surface area contributed by atoms with E-state index in [1.165, 1.54) is 16.0 Å². The van der Waals surface area contributed by atoms with Crippen molar-refractivity contribution in [2.24, 2.45) is 5.84 Å². The van der Waals surface area contributed by atoms with E-state index in [-0.39, 0.29) is 6.04 Å². The first kappa shape index (κ1) is 13.2. The van der Waals surface area contributed by atoms with E-state index >= 15 is 0 Å². The highest BCUT2D eigenvalue weighted by atomic mass is 32.1. The summed E-state index contributed by atoms with van der Waals surface area (Å²) in [6.07, 6.45) is 0.890.